The topological polar surface area (TPSA) is 66.8 Å². The Labute approximate surface area is 202 Å². The molecule has 0 radical (unpaired) electrons. The molecule has 0 aromatic heterocycles. The summed E-state index contributed by atoms with van der Waals surface area (Å²) in [5.41, 5.74) is 0. The Kier molecular flexibility index (Phi) is 13.9. The smallest absolute Gasteiger partial charge is 0.234 e. The van der Waals surface area contributed by atoms with Crippen LogP contribution in [0, 0.1) is 113 Å². The van der Waals surface area contributed by atoms with E-state index in [1.165, 1.54) is 4.90 Å². The molecule has 168 valence electrons. The van der Waals surface area contributed by atoms with Crippen LogP contribution in [0.3, 0.4) is 0 Å². The maximum absolute atomic E-state index is 12.9. The standard InChI is InChI=1S/C29H23NO4/c1-4-7-8-9-10-11-12-13-14-15-16-17-18-19-20-25(5-2)27-26(6-3)28(32)30(29(27)33)21-23-34-24-22-31/h1,25-27,31H,5-6,21-24H2,2-3H3. The molecule has 1 fully saturated rings. The van der Waals surface area contributed by atoms with E-state index in [9.17, 15) is 9.59 Å². The number of imide groups is 1. The fourth-order valence-electron chi connectivity index (χ4n) is 3.19. The number of carbonyl (C=O) groups is 2. The number of likely N-dealkylation sites (tertiary alicyclic amines) is 1. The van der Waals surface area contributed by atoms with Gasteiger partial charge in [0.15, 0.2) is 0 Å². The quantitative estimate of drug-likeness (QED) is 0.337. The van der Waals surface area contributed by atoms with Crippen LogP contribution in [0.4, 0.5) is 0 Å². The van der Waals surface area contributed by atoms with Crippen LogP contribution in [-0.4, -0.2) is 48.2 Å². The summed E-state index contributed by atoms with van der Waals surface area (Å²) in [5, 5.41) is 8.78. The number of carbonyl (C=O) groups excluding carboxylic acids is 2. The van der Waals surface area contributed by atoms with Gasteiger partial charge in [-0.25, -0.2) is 0 Å². The summed E-state index contributed by atoms with van der Waals surface area (Å²) in [5.74, 6) is 36.2. The first-order valence-corrected chi connectivity index (χ1v) is 10.6. The Balaban J connectivity index is 2.79. The molecule has 2 amide bonds. The van der Waals surface area contributed by atoms with Crippen LogP contribution >= 0.6 is 0 Å². The summed E-state index contributed by atoms with van der Waals surface area (Å²) in [6.45, 7) is 4.22. The molecule has 1 N–H and O–H groups in total. The molecule has 34 heavy (non-hydrogen) atoms. The van der Waals surface area contributed by atoms with Crippen molar-refractivity contribution in [3.05, 3.63) is 0 Å². The van der Waals surface area contributed by atoms with E-state index in [-0.39, 0.29) is 44.1 Å². The molecule has 1 rings (SSSR count). The number of ether oxygens (including phenoxy) is 1. The van der Waals surface area contributed by atoms with Crippen molar-refractivity contribution in [2.24, 2.45) is 17.8 Å². The van der Waals surface area contributed by atoms with Gasteiger partial charge < -0.3 is 9.84 Å². The lowest BCUT2D eigenvalue weighted by Gasteiger charge is -2.19. The maximum atomic E-state index is 12.9. The number of amides is 2. The lowest BCUT2D eigenvalue weighted by atomic mass is 9.81. The van der Waals surface area contributed by atoms with E-state index in [2.05, 4.69) is 88.8 Å². The van der Waals surface area contributed by atoms with Crippen molar-refractivity contribution >= 4 is 11.8 Å². The molecule has 3 unspecified atom stereocenters. The van der Waals surface area contributed by atoms with Crippen LogP contribution in [0.25, 0.3) is 0 Å². The predicted octanol–water partition coefficient (Wildman–Crippen LogP) is 0.690. The minimum atomic E-state index is -0.509. The zero-order valence-electron chi connectivity index (χ0n) is 19.2. The van der Waals surface area contributed by atoms with Gasteiger partial charge in [0.2, 0.25) is 11.8 Å². The number of aliphatic hydroxyl groups is 1. The Morgan fingerprint density at radius 2 is 1.38 bits per heavy atom. The molecule has 0 aromatic rings. The molecule has 1 aliphatic rings. The van der Waals surface area contributed by atoms with E-state index in [4.69, 9.17) is 16.3 Å². The molecule has 5 heteroatoms. The molecule has 0 spiro atoms. The maximum Gasteiger partial charge on any atom is 0.234 e. The normalized spacial score (nSPS) is 15.8. The number of hydrogen-bond donors (Lipinski definition) is 1. The van der Waals surface area contributed by atoms with Gasteiger partial charge >= 0.3 is 0 Å². The Hall–Kier alpha value is -4.46. The predicted molar refractivity (Wildman–Crippen MR) is 129 cm³/mol. The first kappa shape index (κ1) is 27.6. The zero-order valence-corrected chi connectivity index (χ0v) is 19.2. The molecule has 5 nitrogen and oxygen atoms in total. The minimum Gasteiger partial charge on any atom is -0.394 e. The van der Waals surface area contributed by atoms with Gasteiger partial charge in [-0.3, -0.25) is 14.5 Å². The highest BCUT2D eigenvalue weighted by Gasteiger charge is 2.48. The summed E-state index contributed by atoms with van der Waals surface area (Å²) in [6, 6.07) is 0. The first-order chi connectivity index (χ1) is 16.6. The Bertz CT molecular complexity index is 1240. The minimum absolute atomic E-state index is 0.110. The van der Waals surface area contributed by atoms with E-state index in [0.717, 1.165) is 0 Å². The van der Waals surface area contributed by atoms with Crippen molar-refractivity contribution in [2.45, 2.75) is 26.7 Å². The molecular weight excluding hydrogens is 426 g/mol. The average molecular weight is 450 g/mol. The Morgan fingerprint density at radius 1 is 0.853 bits per heavy atom. The highest BCUT2D eigenvalue weighted by Crippen LogP contribution is 2.35. The van der Waals surface area contributed by atoms with Gasteiger partial charge in [-0.05, 0) is 95.7 Å². The molecule has 1 aliphatic heterocycles. The number of terminal acetylenes is 1. The first-order valence-electron chi connectivity index (χ1n) is 10.6. The summed E-state index contributed by atoms with van der Waals surface area (Å²) < 4.78 is 5.20. The van der Waals surface area contributed by atoms with Crippen molar-refractivity contribution in [3.63, 3.8) is 0 Å². The van der Waals surface area contributed by atoms with Crippen molar-refractivity contribution < 1.29 is 19.4 Å². The van der Waals surface area contributed by atoms with Crippen LogP contribution in [0.5, 0.6) is 0 Å². The summed E-state index contributed by atoms with van der Waals surface area (Å²) in [4.78, 5) is 26.9. The van der Waals surface area contributed by atoms with Gasteiger partial charge in [-0.1, -0.05) is 19.8 Å². The molecular formula is C29H23NO4. The number of hydrogen-bond acceptors (Lipinski definition) is 4. The molecule has 0 bridgehead atoms. The van der Waals surface area contributed by atoms with E-state index in [1.54, 1.807) is 0 Å². The molecule has 0 aromatic carbocycles. The van der Waals surface area contributed by atoms with Gasteiger partial charge in [-0.2, -0.15) is 0 Å². The summed E-state index contributed by atoms with van der Waals surface area (Å²) >= 11 is 0. The van der Waals surface area contributed by atoms with Crippen LogP contribution in [0.2, 0.25) is 0 Å². The monoisotopic (exact) mass is 449 g/mol. The van der Waals surface area contributed by atoms with E-state index in [0.29, 0.717) is 12.8 Å². The van der Waals surface area contributed by atoms with Crippen LogP contribution in [0.15, 0.2) is 0 Å². The largest absolute Gasteiger partial charge is 0.394 e. The van der Waals surface area contributed by atoms with Crippen LogP contribution < -0.4 is 0 Å². The second-order valence-corrected chi connectivity index (χ2v) is 6.63. The highest BCUT2D eigenvalue weighted by molar-refractivity contribution is 6.05. The third-order valence-corrected chi connectivity index (χ3v) is 4.66. The van der Waals surface area contributed by atoms with Gasteiger partial charge in [0.1, 0.15) is 0 Å². The van der Waals surface area contributed by atoms with Gasteiger partial charge in [0, 0.05) is 5.92 Å². The lowest BCUT2D eigenvalue weighted by Crippen LogP contribution is -2.35. The van der Waals surface area contributed by atoms with E-state index >= 15 is 0 Å². The number of aliphatic hydroxyl groups excluding tert-OH is 1. The zero-order chi connectivity index (χ0) is 25.0. The van der Waals surface area contributed by atoms with Crippen LogP contribution in [0.1, 0.15) is 26.7 Å². The second-order valence-electron chi connectivity index (χ2n) is 6.63. The SMILES string of the molecule is C#CC#CC#CC#CC#CC#CC#CC#CC(CC)C1C(=O)N(CCOCCO)C(=O)C1CC. The molecule has 0 aliphatic carbocycles. The fraction of sp³-hybridized carbons (Fsp3) is 0.379. The van der Waals surface area contributed by atoms with Gasteiger partial charge in [0.05, 0.1) is 38.2 Å². The fourth-order valence-corrected chi connectivity index (χ4v) is 3.19. The van der Waals surface area contributed by atoms with E-state index in [1.807, 2.05) is 13.8 Å². The number of nitrogens with zero attached hydrogens (tertiary/aromatic N) is 1. The number of rotatable bonds is 8. The van der Waals surface area contributed by atoms with Crippen molar-refractivity contribution in [1.82, 2.24) is 4.90 Å². The Morgan fingerprint density at radius 3 is 1.85 bits per heavy atom. The van der Waals surface area contributed by atoms with Crippen molar-refractivity contribution in [3.8, 4) is 95.2 Å². The average Bonchev–Trinajstić information content (AvgIpc) is 3.08. The van der Waals surface area contributed by atoms with Crippen molar-refractivity contribution in [2.75, 3.05) is 26.4 Å². The molecule has 1 saturated heterocycles. The molecule has 0 saturated carbocycles. The third-order valence-electron chi connectivity index (χ3n) is 4.66. The van der Waals surface area contributed by atoms with Gasteiger partial charge in [0.25, 0.3) is 0 Å². The van der Waals surface area contributed by atoms with Crippen LogP contribution in [-0.2, 0) is 14.3 Å². The molecule has 3 atom stereocenters. The molecule has 1 heterocycles. The van der Waals surface area contributed by atoms with E-state index < -0.39 is 11.8 Å². The summed E-state index contributed by atoms with van der Waals surface area (Å²) in [6.07, 6.45) is 6.10. The highest BCUT2D eigenvalue weighted by atomic mass is 16.5. The van der Waals surface area contributed by atoms with Gasteiger partial charge in [-0.15, -0.1) is 6.42 Å². The summed E-state index contributed by atoms with van der Waals surface area (Å²) in [7, 11) is 0. The lowest BCUT2D eigenvalue weighted by molar-refractivity contribution is -0.141. The third kappa shape index (κ3) is 9.35. The van der Waals surface area contributed by atoms with Crippen molar-refractivity contribution in [1.29, 1.82) is 0 Å². The second kappa shape index (κ2) is 17.1.